The molecule has 5 rings (SSSR count). The first-order chi connectivity index (χ1) is 15.8. The predicted octanol–water partition coefficient (Wildman–Crippen LogP) is 2.14. The van der Waals surface area contributed by atoms with Crippen molar-refractivity contribution in [2.45, 2.75) is 0 Å². The number of benzene rings is 2. The van der Waals surface area contributed by atoms with Crippen molar-refractivity contribution in [2.75, 3.05) is 10.6 Å². The van der Waals surface area contributed by atoms with Crippen molar-refractivity contribution in [3.63, 3.8) is 0 Å². The van der Waals surface area contributed by atoms with Gasteiger partial charge in [-0.15, -0.1) is 0 Å². The molecule has 2 aliphatic rings. The monoisotopic (exact) mass is 445 g/mol. The van der Waals surface area contributed by atoms with Crippen LogP contribution in [0.25, 0.3) is 0 Å². The number of rotatable bonds is 4. The van der Waals surface area contributed by atoms with E-state index in [9.17, 15) is 28.8 Å². The average molecular weight is 445 g/mol. The van der Waals surface area contributed by atoms with Gasteiger partial charge in [0.25, 0.3) is 11.8 Å². The third-order valence-corrected chi connectivity index (χ3v) is 5.06. The molecule has 11 heteroatoms. The summed E-state index contributed by atoms with van der Waals surface area (Å²) < 4.78 is 9.02. The molecule has 2 amide bonds. The molecular formula is C22H11N3O8. The van der Waals surface area contributed by atoms with Crippen LogP contribution in [0.4, 0.5) is 11.4 Å². The second kappa shape index (κ2) is 7.27. The lowest BCUT2D eigenvalue weighted by Crippen LogP contribution is -2.16. The quantitative estimate of drug-likeness (QED) is 0.407. The number of aromatic amines is 1. The first kappa shape index (κ1) is 19.9. The molecule has 162 valence electrons. The summed E-state index contributed by atoms with van der Waals surface area (Å²) in [6.07, 6.45) is 2.86. The van der Waals surface area contributed by atoms with Crippen molar-refractivity contribution in [1.29, 1.82) is 0 Å². The fourth-order valence-corrected chi connectivity index (χ4v) is 3.41. The van der Waals surface area contributed by atoms with Crippen LogP contribution >= 0.6 is 0 Å². The molecule has 3 N–H and O–H groups in total. The number of nitrogens with one attached hydrogen (secondary N) is 3. The number of carbonyl (C=O) groups excluding carboxylic acids is 6. The van der Waals surface area contributed by atoms with Crippen molar-refractivity contribution < 1.29 is 38.2 Å². The van der Waals surface area contributed by atoms with E-state index in [1.165, 1.54) is 48.8 Å². The van der Waals surface area contributed by atoms with Gasteiger partial charge >= 0.3 is 23.9 Å². The van der Waals surface area contributed by atoms with Crippen molar-refractivity contribution >= 4 is 47.1 Å². The van der Waals surface area contributed by atoms with Gasteiger partial charge in [-0.2, -0.15) is 0 Å². The summed E-state index contributed by atoms with van der Waals surface area (Å²) in [4.78, 5) is 74.6. The van der Waals surface area contributed by atoms with Crippen LogP contribution in [0, 0.1) is 0 Å². The number of esters is 4. The number of anilines is 2. The Morgan fingerprint density at radius 3 is 1.42 bits per heavy atom. The van der Waals surface area contributed by atoms with Gasteiger partial charge in [0, 0.05) is 23.5 Å². The molecular weight excluding hydrogens is 434 g/mol. The Morgan fingerprint density at radius 2 is 1.00 bits per heavy atom. The first-order valence-corrected chi connectivity index (χ1v) is 9.42. The zero-order valence-corrected chi connectivity index (χ0v) is 16.4. The van der Waals surface area contributed by atoms with E-state index in [0.29, 0.717) is 0 Å². The molecule has 0 saturated carbocycles. The van der Waals surface area contributed by atoms with Gasteiger partial charge in [-0.05, 0) is 36.4 Å². The van der Waals surface area contributed by atoms with Crippen LogP contribution in [0.1, 0.15) is 62.1 Å². The Kier molecular flexibility index (Phi) is 4.38. The van der Waals surface area contributed by atoms with Crippen molar-refractivity contribution in [3.05, 3.63) is 82.2 Å². The predicted molar refractivity (Wildman–Crippen MR) is 109 cm³/mol. The van der Waals surface area contributed by atoms with Gasteiger partial charge in [0.1, 0.15) is 0 Å². The maximum atomic E-state index is 12.6. The van der Waals surface area contributed by atoms with Gasteiger partial charge in [0.2, 0.25) is 0 Å². The average Bonchev–Trinajstić information content (AvgIpc) is 3.44. The lowest BCUT2D eigenvalue weighted by Gasteiger charge is -2.09. The van der Waals surface area contributed by atoms with Crippen LogP contribution in [0.2, 0.25) is 0 Å². The fraction of sp³-hybridized carbons (Fsp3) is 0. The van der Waals surface area contributed by atoms with Crippen LogP contribution in [-0.2, 0) is 9.47 Å². The van der Waals surface area contributed by atoms with Gasteiger partial charge in [0.15, 0.2) is 0 Å². The van der Waals surface area contributed by atoms with Gasteiger partial charge in [0.05, 0.1) is 33.6 Å². The molecule has 0 atom stereocenters. The number of aromatic nitrogens is 1. The zero-order chi connectivity index (χ0) is 23.3. The summed E-state index contributed by atoms with van der Waals surface area (Å²) in [6, 6.07) is 7.86. The summed E-state index contributed by atoms with van der Waals surface area (Å²) >= 11 is 0. The Balaban J connectivity index is 1.33. The number of amides is 2. The molecule has 0 unspecified atom stereocenters. The van der Waals surface area contributed by atoms with Gasteiger partial charge in [-0.25, -0.2) is 19.2 Å². The molecule has 0 saturated heterocycles. The first-order valence-electron chi connectivity index (χ1n) is 9.42. The molecule has 0 aliphatic carbocycles. The number of H-pyrrole nitrogens is 1. The maximum absolute atomic E-state index is 12.6. The van der Waals surface area contributed by atoms with Gasteiger partial charge in [-0.3, -0.25) is 9.59 Å². The molecule has 0 radical (unpaired) electrons. The number of carbonyl (C=O) groups is 6. The minimum absolute atomic E-state index is 0.0103. The molecule has 0 spiro atoms. The Bertz CT molecular complexity index is 1330. The topological polar surface area (TPSA) is 161 Å². The normalized spacial score (nSPS) is 13.8. The third-order valence-electron chi connectivity index (χ3n) is 5.06. The summed E-state index contributed by atoms with van der Waals surface area (Å²) in [5.74, 6) is -4.42. The highest BCUT2D eigenvalue weighted by Gasteiger charge is 2.31. The molecule has 2 aromatic carbocycles. The zero-order valence-electron chi connectivity index (χ0n) is 16.4. The molecule has 33 heavy (non-hydrogen) atoms. The number of fused-ring (bicyclic) bond motifs is 2. The largest absolute Gasteiger partial charge is 0.386 e. The van der Waals surface area contributed by atoms with Crippen LogP contribution in [0.3, 0.4) is 0 Å². The lowest BCUT2D eigenvalue weighted by molar-refractivity contribution is 0.0425. The standard InChI is InChI=1S/C22H11N3O8/c26-17(9-1-3-11-13(5-9)21(30)32-19(11)28)24-15-7-23-8-16(15)25-18(27)10-2-4-12-14(6-10)22(31)33-20(12)29/h1-8,23H,(H,24,26)(H,25,27). The van der Waals surface area contributed by atoms with E-state index in [1.54, 1.807) is 0 Å². The van der Waals surface area contributed by atoms with E-state index in [4.69, 9.17) is 0 Å². The van der Waals surface area contributed by atoms with Crippen molar-refractivity contribution in [2.24, 2.45) is 0 Å². The SMILES string of the molecule is O=C(Nc1c[nH]cc1NC(=O)c1ccc2c(c1)C(=O)OC2=O)c1ccc2c(c1)C(=O)OC2=O. The van der Waals surface area contributed by atoms with Crippen LogP contribution in [0.5, 0.6) is 0 Å². The fourth-order valence-electron chi connectivity index (χ4n) is 3.41. The smallest absolute Gasteiger partial charge is 0.346 e. The van der Waals surface area contributed by atoms with Crippen molar-refractivity contribution in [1.82, 2.24) is 4.98 Å². The van der Waals surface area contributed by atoms with Crippen LogP contribution < -0.4 is 10.6 Å². The molecule has 0 bridgehead atoms. The summed E-state index contributed by atoms with van der Waals surface area (Å²) in [5, 5.41) is 5.19. The Labute approximate surface area is 183 Å². The summed E-state index contributed by atoms with van der Waals surface area (Å²) in [5.41, 5.74) is 0.776. The maximum Gasteiger partial charge on any atom is 0.346 e. The van der Waals surface area contributed by atoms with E-state index in [-0.39, 0.29) is 44.8 Å². The Hall–Kier alpha value is -5.06. The van der Waals surface area contributed by atoms with Gasteiger partial charge < -0.3 is 25.1 Å². The second-order valence-electron chi connectivity index (χ2n) is 7.07. The van der Waals surface area contributed by atoms with E-state index in [2.05, 4.69) is 25.1 Å². The molecule has 2 aliphatic heterocycles. The molecule has 3 aromatic rings. The third kappa shape index (κ3) is 3.33. The van der Waals surface area contributed by atoms with Crippen LogP contribution in [-0.4, -0.2) is 40.7 Å². The van der Waals surface area contributed by atoms with Gasteiger partial charge in [-0.1, -0.05) is 0 Å². The highest BCUT2D eigenvalue weighted by molar-refractivity contribution is 6.18. The minimum atomic E-state index is -0.834. The number of hydrogen-bond donors (Lipinski definition) is 3. The van der Waals surface area contributed by atoms with Crippen molar-refractivity contribution in [3.8, 4) is 0 Å². The summed E-state index contributed by atoms with van der Waals surface area (Å²) in [6.45, 7) is 0. The molecule has 11 nitrogen and oxygen atoms in total. The molecule has 1 aromatic heterocycles. The highest BCUT2D eigenvalue weighted by atomic mass is 16.6. The van der Waals surface area contributed by atoms with E-state index in [0.717, 1.165) is 0 Å². The second-order valence-corrected chi connectivity index (χ2v) is 7.07. The number of cyclic esters (lactones) is 4. The molecule has 0 fully saturated rings. The van der Waals surface area contributed by atoms with Crippen LogP contribution in [0.15, 0.2) is 48.8 Å². The lowest BCUT2D eigenvalue weighted by atomic mass is 10.0. The number of hydrogen-bond acceptors (Lipinski definition) is 8. The van der Waals surface area contributed by atoms with E-state index in [1.807, 2.05) is 0 Å². The number of ether oxygens (including phenoxy) is 2. The highest BCUT2D eigenvalue weighted by Crippen LogP contribution is 2.26. The minimum Gasteiger partial charge on any atom is -0.386 e. The van der Waals surface area contributed by atoms with E-state index < -0.39 is 35.7 Å². The summed E-state index contributed by atoms with van der Waals surface area (Å²) in [7, 11) is 0. The Morgan fingerprint density at radius 1 is 0.606 bits per heavy atom. The molecule has 3 heterocycles. The van der Waals surface area contributed by atoms with E-state index >= 15 is 0 Å².